The molecule has 0 fully saturated rings. The zero-order valence-electron chi connectivity index (χ0n) is 21.3. The molecule has 0 N–H and O–H groups in total. The highest BCUT2D eigenvalue weighted by Gasteiger charge is 2.09. The largest absolute Gasteiger partial charge is 0.256 e. The molecule has 3 aromatic rings. The molecule has 1 nitrogen and oxygen atoms in total. The number of pyridine rings is 1. The second-order valence-electron chi connectivity index (χ2n) is 9.63. The minimum atomic E-state index is -0.176. The first-order valence-corrected chi connectivity index (χ1v) is 13.6. The van der Waals surface area contributed by atoms with E-state index in [1.165, 1.54) is 69.8 Å². The molecule has 0 aliphatic heterocycles. The van der Waals surface area contributed by atoms with Gasteiger partial charge < -0.3 is 0 Å². The molecule has 34 heavy (non-hydrogen) atoms. The van der Waals surface area contributed by atoms with Crippen LogP contribution in [0.15, 0.2) is 60.8 Å². The zero-order valence-corrected chi connectivity index (χ0v) is 21.3. The quantitative estimate of drug-likeness (QED) is 0.206. The average Bonchev–Trinajstić information content (AvgIpc) is 2.87. The molecule has 3 rings (SSSR count). The topological polar surface area (TPSA) is 12.9 Å². The van der Waals surface area contributed by atoms with Gasteiger partial charge in [-0.25, -0.2) is 4.39 Å². The van der Waals surface area contributed by atoms with Gasteiger partial charge in [0, 0.05) is 17.3 Å². The van der Waals surface area contributed by atoms with Gasteiger partial charge in [-0.05, 0) is 60.6 Å². The number of aryl methyl sites for hydroxylation is 2. The van der Waals surface area contributed by atoms with Gasteiger partial charge in [-0.1, -0.05) is 108 Å². The third-order valence-electron chi connectivity index (χ3n) is 6.75. The minimum Gasteiger partial charge on any atom is -0.256 e. The Labute approximate surface area is 206 Å². The van der Waals surface area contributed by atoms with E-state index in [-0.39, 0.29) is 5.82 Å². The number of rotatable bonds is 15. The summed E-state index contributed by atoms with van der Waals surface area (Å²) >= 11 is 0. The predicted molar refractivity (Wildman–Crippen MR) is 145 cm³/mol. The smallest absolute Gasteiger partial charge is 0.132 e. The standard InChI is InChI=1S/C32H42FN/c1-3-5-7-9-11-12-14-26-16-19-28(20-17-26)29-21-23-32(34-25-29)30-22-18-27(24-31(30)33)15-13-10-8-6-4-2/h16-25H,3-15H2,1-2H3. The number of nitrogens with zero attached hydrogens (tertiary/aromatic N) is 1. The van der Waals surface area contributed by atoms with Gasteiger partial charge in [-0.2, -0.15) is 0 Å². The Balaban J connectivity index is 1.53. The van der Waals surface area contributed by atoms with E-state index in [0.717, 1.165) is 36.0 Å². The molecule has 0 spiro atoms. The Kier molecular flexibility index (Phi) is 11.3. The van der Waals surface area contributed by atoms with Crippen molar-refractivity contribution >= 4 is 0 Å². The number of halogens is 1. The van der Waals surface area contributed by atoms with Crippen molar-refractivity contribution in [3.63, 3.8) is 0 Å². The van der Waals surface area contributed by atoms with Gasteiger partial charge in [0.2, 0.25) is 0 Å². The van der Waals surface area contributed by atoms with Crippen LogP contribution >= 0.6 is 0 Å². The molecule has 0 saturated carbocycles. The van der Waals surface area contributed by atoms with E-state index in [9.17, 15) is 4.39 Å². The summed E-state index contributed by atoms with van der Waals surface area (Å²) in [5.41, 5.74) is 5.97. The molecule has 1 aromatic heterocycles. The van der Waals surface area contributed by atoms with Crippen molar-refractivity contribution in [2.75, 3.05) is 0 Å². The van der Waals surface area contributed by atoms with E-state index in [1.54, 1.807) is 6.07 Å². The molecule has 0 saturated heterocycles. The predicted octanol–water partition coefficient (Wildman–Crippen LogP) is 9.97. The van der Waals surface area contributed by atoms with Crippen LogP contribution in [-0.2, 0) is 12.8 Å². The molecule has 0 amide bonds. The highest BCUT2D eigenvalue weighted by molar-refractivity contribution is 5.67. The SMILES string of the molecule is CCCCCCCCc1ccc(-c2ccc(-c3ccc(CCCCCCC)cc3F)nc2)cc1. The summed E-state index contributed by atoms with van der Waals surface area (Å²) in [7, 11) is 0. The number of benzene rings is 2. The number of hydrogen-bond acceptors (Lipinski definition) is 1. The third-order valence-corrected chi connectivity index (χ3v) is 6.75. The monoisotopic (exact) mass is 459 g/mol. The molecule has 182 valence electrons. The fourth-order valence-corrected chi connectivity index (χ4v) is 4.55. The Morgan fingerprint density at radius 2 is 1.15 bits per heavy atom. The first kappa shape index (κ1) is 26.1. The van der Waals surface area contributed by atoms with Crippen molar-refractivity contribution in [2.24, 2.45) is 0 Å². The summed E-state index contributed by atoms with van der Waals surface area (Å²) in [6, 6.07) is 18.4. The average molecular weight is 460 g/mol. The van der Waals surface area contributed by atoms with E-state index in [2.05, 4.69) is 49.2 Å². The zero-order chi connectivity index (χ0) is 24.0. The van der Waals surface area contributed by atoms with Gasteiger partial charge in [-0.15, -0.1) is 0 Å². The fourth-order valence-electron chi connectivity index (χ4n) is 4.55. The molecule has 2 heteroatoms. The first-order chi connectivity index (χ1) is 16.7. The normalized spacial score (nSPS) is 11.1. The lowest BCUT2D eigenvalue weighted by Gasteiger charge is -2.08. The summed E-state index contributed by atoms with van der Waals surface area (Å²) in [5.74, 6) is -0.176. The van der Waals surface area contributed by atoms with Crippen molar-refractivity contribution in [2.45, 2.75) is 97.3 Å². The van der Waals surface area contributed by atoms with Gasteiger partial charge in [0.15, 0.2) is 0 Å². The maximum absolute atomic E-state index is 14.8. The van der Waals surface area contributed by atoms with E-state index < -0.39 is 0 Å². The van der Waals surface area contributed by atoms with Gasteiger partial charge in [-0.3, -0.25) is 4.98 Å². The Bertz CT molecular complexity index is 959. The molecule has 1 heterocycles. The van der Waals surface area contributed by atoms with Crippen LogP contribution in [0, 0.1) is 5.82 Å². The molecule has 0 bridgehead atoms. The highest BCUT2D eigenvalue weighted by atomic mass is 19.1. The third kappa shape index (κ3) is 8.38. The first-order valence-electron chi connectivity index (χ1n) is 13.6. The van der Waals surface area contributed by atoms with Crippen molar-refractivity contribution in [1.82, 2.24) is 4.98 Å². The molecule has 0 atom stereocenters. The Morgan fingerprint density at radius 3 is 1.74 bits per heavy atom. The minimum absolute atomic E-state index is 0.176. The van der Waals surface area contributed by atoms with Crippen LogP contribution in [0.5, 0.6) is 0 Å². The van der Waals surface area contributed by atoms with Crippen LogP contribution in [0.25, 0.3) is 22.4 Å². The summed E-state index contributed by atoms with van der Waals surface area (Å²) in [6.45, 7) is 4.49. The lowest BCUT2D eigenvalue weighted by molar-refractivity contribution is 0.607. The summed E-state index contributed by atoms with van der Waals surface area (Å²) < 4.78 is 14.8. The van der Waals surface area contributed by atoms with Crippen LogP contribution in [0.3, 0.4) is 0 Å². The fraction of sp³-hybridized carbons (Fsp3) is 0.469. The number of hydrogen-bond donors (Lipinski definition) is 0. The maximum Gasteiger partial charge on any atom is 0.132 e. The number of unbranched alkanes of at least 4 members (excludes halogenated alkanes) is 9. The lowest BCUT2D eigenvalue weighted by atomic mass is 10.0. The van der Waals surface area contributed by atoms with Crippen molar-refractivity contribution in [1.29, 1.82) is 0 Å². The highest BCUT2D eigenvalue weighted by Crippen LogP contribution is 2.26. The summed E-state index contributed by atoms with van der Waals surface area (Å²) in [5, 5.41) is 0. The van der Waals surface area contributed by atoms with E-state index in [4.69, 9.17) is 0 Å². The summed E-state index contributed by atoms with van der Waals surface area (Å²) in [4.78, 5) is 4.58. The molecular weight excluding hydrogens is 417 g/mol. The van der Waals surface area contributed by atoms with Crippen LogP contribution in [0.2, 0.25) is 0 Å². The summed E-state index contributed by atoms with van der Waals surface area (Å²) in [6.07, 6.45) is 18.1. The van der Waals surface area contributed by atoms with Gasteiger partial charge in [0.1, 0.15) is 5.82 Å². The van der Waals surface area contributed by atoms with Gasteiger partial charge in [0.25, 0.3) is 0 Å². The maximum atomic E-state index is 14.8. The van der Waals surface area contributed by atoms with Gasteiger partial charge in [0.05, 0.1) is 5.69 Å². The van der Waals surface area contributed by atoms with Crippen molar-refractivity contribution in [3.8, 4) is 22.4 Å². The molecule has 2 aromatic carbocycles. The van der Waals surface area contributed by atoms with Crippen molar-refractivity contribution in [3.05, 3.63) is 77.7 Å². The van der Waals surface area contributed by atoms with Crippen molar-refractivity contribution < 1.29 is 4.39 Å². The lowest BCUT2D eigenvalue weighted by Crippen LogP contribution is -1.93. The van der Waals surface area contributed by atoms with Crippen LogP contribution in [0.4, 0.5) is 4.39 Å². The van der Waals surface area contributed by atoms with Crippen LogP contribution < -0.4 is 0 Å². The second-order valence-corrected chi connectivity index (χ2v) is 9.63. The van der Waals surface area contributed by atoms with Crippen LogP contribution in [-0.4, -0.2) is 4.98 Å². The number of aromatic nitrogens is 1. The second kappa shape index (κ2) is 14.7. The van der Waals surface area contributed by atoms with E-state index >= 15 is 0 Å². The molecule has 0 unspecified atom stereocenters. The molecule has 0 aliphatic rings. The van der Waals surface area contributed by atoms with Crippen LogP contribution in [0.1, 0.15) is 95.6 Å². The van der Waals surface area contributed by atoms with E-state index in [0.29, 0.717) is 11.3 Å². The van der Waals surface area contributed by atoms with E-state index in [1.807, 2.05) is 24.4 Å². The van der Waals surface area contributed by atoms with Gasteiger partial charge >= 0.3 is 0 Å². The Hall–Kier alpha value is -2.48. The molecular formula is C32H42FN. The molecule has 0 aliphatic carbocycles. The Morgan fingerprint density at radius 1 is 0.588 bits per heavy atom. The molecule has 0 radical (unpaired) electrons.